The van der Waals surface area contributed by atoms with Gasteiger partial charge in [0.05, 0.1) is 0 Å². The van der Waals surface area contributed by atoms with Crippen LogP contribution < -0.4 is 5.32 Å². The van der Waals surface area contributed by atoms with E-state index in [9.17, 15) is 4.79 Å². The fourth-order valence-corrected chi connectivity index (χ4v) is 1.80. The third kappa shape index (κ3) is 1.87. The minimum atomic E-state index is -0.910. The summed E-state index contributed by atoms with van der Waals surface area (Å²) in [6, 6.07) is -0.737. The van der Waals surface area contributed by atoms with Gasteiger partial charge in [-0.1, -0.05) is 6.42 Å². The normalized spacial score (nSPS) is 18.5. The number of hydrogen-bond acceptors (Lipinski definition) is 3. The molecule has 1 atom stereocenters. The predicted molar refractivity (Wildman–Crippen MR) is 54.6 cm³/mol. The van der Waals surface area contributed by atoms with Gasteiger partial charge in [-0.2, -0.15) is 0 Å². The van der Waals surface area contributed by atoms with Crippen molar-refractivity contribution in [3.63, 3.8) is 0 Å². The highest BCUT2D eigenvalue weighted by Crippen LogP contribution is 2.35. The number of rotatable bonds is 4. The number of carboxylic acid groups (broad SMARTS) is 1. The van der Waals surface area contributed by atoms with Gasteiger partial charge in [-0.25, -0.2) is 4.98 Å². The third-order valence-corrected chi connectivity index (χ3v) is 2.97. The molecule has 1 saturated carbocycles. The van der Waals surface area contributed by atoms with Crippen molar-refractivity contribution in [3.8, 4) is 0 Å². The lowest BCUT2D eigenvalue weighted by Crippen LogP contribution is -2.26. The maximum Gasteiger partial charge on any atom is 0.328 e. The van der Waals surface area contributed by atoms with Crippen molar-refractivity contribution in [2.24, 2.45) is 0 Å². The number of aromatic nitrogens is 2. The Morgan fingerprint density at radius 1 is 1.73 bits per heavy atom. The number of carbonyl (C=O) groups is 1. The number of carboxylic acids is 1. The highest BCUT2D eigenvalue weighted by atomic mass is 16.4. The summed E-state index contributed by atoms with van der Waals surface area (Å²) in [7, 11) is 1.62. The molecule has 0 aromatic carbocycles. The molecule has 1 aromatic heterocycles. The van der Waals surface area contributed by atoms with Crippen LogP contribution in [0.5, 0.6) is 0 Å². The van der Waals surface area contributed by atoms with E-state index < -0.39 is 12.0 Å². The third-order valence-electron chi connectivity index (χ3n) is 2.97. The van der Waals surface area contributed by atoms with Gasteiger partial charge < -0.3 is 15.4 Å². The maximum absolute atomic E-state index is 10.9. The Balaban J connectivity index is 2.14. The molecule has 1 aliphatic carbocycles. The van der Waals surface area contributed by atoms with Gasteiger partial charge in [-0.15, -0.1) is 0 Å². The molecule has 0 radical (unpaired) electrons. The molecule has 1 heterocycles. The van der Waals surface area contributed by atoms with Crippen LogP contribution in [0.2, 0.25) is 0 Å². The van der Waals surface area contributed by atoms with Crippen molar-refractivity contribution < 1.29 is 9.90 Å². The van der Waals surface area contributed by atoms with Crippen LogP contribution in [0.15, 0.2) is 6.20 Å². The Hall–Kier alpha value is -1.36. The molecule has 1 aromatic rings. The van der Waals surface area contributed by atoms with E-state index >= 15 is 0 Å². The van der Waals surface area contributed by atoms with Gasteiger partial charge in [0.15, 0.2) is 6.04 Å². The average molecular weight is 209 g/mol. The van der Waals surface area contributed by atoms with Crippen molar-refractivity contribution in [1.29, 1.82) is 0 Å². The minimum Gasteiger partial charge on any atom is -0.480 e. The summed E-state index contributed by atoms with van der Waals surface area (Å²) >= 11 is 0. The van der Waals surface area contributed by atoms with Crippen LogP contribution >= 0.6 is 0 Å². The molecule has 2 rings (SSSR count). The Morgan fingerprint density at radius 3 is 2.93 bits per heavy atom. The van der Waals surface area contributed by atoms with Crippen LogP contribution in [0, 0.1) is 0 Å². The second-order valence-electron chi connectivity index (χ2n) is 3.91. The van der Waals surface area contributed by atoms with E-state index in [0.717, 1.165) is 5.69 Å². The average Bonchev–Trinajstić information content (AvgIpc) is 2.51. The highest BCUT2D eigenvalue weighted by Gasteiger charge is 2.25. The summed E-state index contributed by atoms with van der Waals surface area (Å²) in [6.07, 6.45) is 5.37. The standard InChI is InChI=1S/C10H15N3O2/c1-11-8(10(14)15)9-12-5-7(13-9)6-3-2-4-6/h5-6,8,11H,2-4H2,1H3,(H,12,13)(H,14,15). The van der Waals surface area contributed by atoms with Gasteiger partial charge in [-0.3, -0.25) is 4.79 Å². The molecule has 0 aliphatic heterocycles. The summed E-state index contributed by atoms with van der Waals surface area (Å²) in [6.45, 7) is 0. The van der Waals surface area contributed by atoms with Crippen LogP contribution in [0.25, 0.3) is 0 Å². The van der Waals surface area contributed by atoms with Gasteiger partial charge in [0.2, 0.25) is 0 Å². The Labute approximate surface area is 87.9 Å². The molecule has 1 unspecified atom stereocenters. The molecular weight excluding hydrogens is 194 g/mol. The van der Waals surface area contributed by atoms with E-state index in [4.69, 9.17) is 5.11 Å². The summed E-state index contributed by atoms with van der Waals surface area (Å²) in [5, 5.41) is 11.6. The number of nitrogens with zero attached hydrogens (tertiary/aromatic N) is 1. The Kier molecular flexibility index (Phi) is 2.73. The topological polar surface area (TPSA) is 78.0 Å². The van der Waals surface area contributed by atoms with Crippen LogP contribution in [0.1, 0.15) is 42.7 Å². The number of H-pyrrole nitrogens is 1. The Bertz CT molecular complexity index is 357. The van der Waals surface area contributed by atoms with E-state index in [1.54, 1.807) is 13.2 Å². The largest absolute Gasteiger partial charge is 0.480 e. The van der Waals surface area contributed by atoms with Crippen molar-refractivity contribution in [2.45, 2.75) is 31.2 Å². The smallest absolute Gasteiger partial charge is 0.328 e. The molecule has 5 heteroatoms. The molecule has 0 spiro atoms. The molecular formula is C10H15N3O2. The summed E-state index contributed by atoms with van der Waals surface area (Å²) < 4.78 is 0. The van der Waals surface area contributed by atoms with Crippen LogP contribution in [0.4, 0.5) is 0 Å². The van der Waals surface area contributed by atoms with Crippen LogP contribution in [0.3, 0.4) is 0 Å². The van der Waals surface area contributed by atoms with Gasteiger partial charge in [0.1, 0.15) is 5.82 Å². The van der Waals surface area contributed by atoms with Crippen LogP contribution in [-0.4, -0.2) is 28.1 Å². The molecule has 1 aliphatic rings. The molecule has 82 valence electrons. The van der Waals surface area contributed by atoms with Crippen molar-refractivity contribution >= 4 is 5.97 Å². The highest BCUT2D eigenvalue weighted by molar-refractivity contribution is 5.74. The molecule has 0 amide bonds. The Morgan fingerprint density at radius 2 is 2.47 bits per heavy atom. The zero-order chi connectivity index (χ0) is 10.8. The first-order valence-corrected chi connectivity index (χ1v) is 5.17. The fourth-order valence-electron chi connectivity index (χ4n) is 1.80. The number of aromatic amines is 1. The van der Waals surface area contributed by atoms with Crippen molar-refractivity contribution in [3.05, 3.63) is 17.7 Å². The summed E-state index contributed by atoms with van der Waals surface area (Å²) in [5.74, 6) is 0.136. The monoisotopic (exact) mass is 209 g/mol. The van der Waals surface area contributed by atoms with Gasteiger partial charge in [0.25, 0.3) is 0 Å². The molecule has 5 nitrogen and oxygen atoms in total. The molecule has 0 saturated heterocycles. The summed E-state index contributed by atoms with van der Waals surface area (Å²) in [4.78, 5) is 18.1. The number of aliphatic carboxylic acids is 1. The first-order chi connectivity index (χ1) is 7.22. The second kappa shape index (κ2) is 4.02. The molecule has 15 heavy (non-hydrogen) atoms. The fraction of sp³-hybridized carbons (Fsp3) is 0.600. The van der Waals surface area contributed by atoms with Gasteiger partial charge in [0, 0.05) is 17.8 Å². The van der Waals surface area contributed by atoms with Gasteiger partial charge in [-0.05, 0) is 19.9 Å². The SMILES string of the molecule is CNC(C(=O)O)c1ncc(C2CCC2)[nH]1. The van der Waals surface area contributed by atoms with E-state index in [1.165, 1.54) is 19.3 Å². The zero-order valence-corrected chi connectivity index (χ0v) is 8.66. The molecule has 1 fully saturated rings. The lowest BCUT2D eigenvalue weighted by Gasteiger charge is -2.23. The van der Waals surface area contributed by atoms with Crippen molar-refractivity contribution in [1.82, 2.24) is 15.3 Å². The van der Waals surface area contributed by atoms with Gasteiger partial charge >= 0.3 is 5.97 Å². The second-order valence-corrected chi connectivity index (χ2v) is 3.91. The predicted octanol–water partition coefficient (Wildman–Crippen LogP) is 1.02. The summed E-state index contributed by atoms with van der Waals surface area (Å²) in [5.41, 5.74) is 1.07. The number of likely N-dealkylation sites (N-methyl/N-ethyl adjacent to an activating group) is 1. The lowest BCUT2D eigenvalue weighted by atomic mass is 9.83. The molecule has 0 bridgehead atoms. The first-order valence-electron chi connectivity index (χ1n) is 5.17. The molecule has 3 N–H and O–H groups in total. The van der Waals surface area contributed by atoms with E-state index in [-0.39, 0.29) is 0 Å². The number of hydrogen-bond donors (Lipinski definition) is 3. The first kappa shape index (κ1) is 10.2. The van der Waals surface area contributed by atoms with E-state index in [1.807, 2.05) is 0 Å². The minimum absolute atomic E-state index is 0.493. The number of nitrogens with one attached hydrogen (secondary N) is 2. The van der Waals surface area contributed by atoms with Crippen LogP contribution in [-0.2, 0) is 4.79 Å². The van der Waals surface area contributed by atoms with Crippen molar-refractivity contribution in [2.75, 3.05) is 7.05 Å². The van der Waals surface area contributed by atoms with E-state index in [0.29, 0.717) is 11.7 Å². The number of imidazole rings is 1. The van der Waals surface area contributed by atoms with E-state index in [2.05, 4.69) is 15.3 Å². The quantitative estimate of drug-likeness (QED) is 0.692. The maximum atomic E-state index is 10.9. The zero-order valence-electron chi connectivity index (χ0n) is 8.66. The lowest BCUT2D eigenvalue weighted by molar-refractivity contribution is -0.139.